The van der Waals surface area contributed by atoms with Crippen LogP contribution in [0, 0.1) is 0 Å². The molecule has 0 saturated carbocycles. The Morgan fingerprint density at radius 1 is 1.47 bits per heavy atom. The van der Waals surface area contributed by atoms with Crippen molar-refractivity contribution >= 4 is 5.95 Å². The van der Waals surface area contributed by atoms with E-state index in [1.54, 1.807) is 0 Å². The van der Waals surface area contributed by atoms with Crippen LogP contribution in [0.4, 0.5) is 5.95 Å². The van der Waals surface area contributed by atoms with Crippen molar-refractivity contribution in [3.63, 3.8) is 0 Å². The van der Waals surface area contributed by atoms with Crippen molar-refractivity contribution in [3.05, 3.63) is 18.0 Å². The zero-order valence-corrected chi connectivity index (χ0v) is 10.6. The Kier molecular flexibility index (Phi) is 4.28. The van der Waals surface area contributed by atoms with E-state index in [2.05, 4.69) is 39.5 Å². The Bertz CT molecular complexity index is 337. The molecule has 1 aliphatic heterocycles. The van der Waals surface area contributed by atoms with Gasteiger partial charge in [-0.2, -0.15) is 0 Å². The standard InChI is InChI=1S/C12H21N5/c1-3-10-6-14-12(15-7-10)16-9-11-8-13-4-5-17(11)2/h6-7,11,13H,3-5,8-9H2,1-2H3,(H,14,15,16). The monoisotopic (exact) mass is 235 g/mol. The van der Waals surface area contributed by atoms with Crippen molar-refractivity contribution in [2.45, 2.75) is 19.4 Å². The molecule has 0 bridgehead atoms. The molecule has 5 nitrogen and oxygen atoms in total. The maximum absolute atomic E-state index is 4.30. The third-order valence-electron chi connectivity index (χ3n) is 3.25. The number of hydrogen-bond donors (Lipinski definition) is 2. The zero-order chi connectivity index (χ0) is 12.1. The molecule has 2 rings (SSSR count). The first-order valence-electron chi connectivity index (χ1n) is 6.25. The van der Waals surface area contributed by atoms with Crippen LogP contribution in [0.3, 0.4) is 0 Å². The van der Waals surface area contributed by atoms with Gasteiger partial charge in [-0.1, -0.05) is 6.92 Å². The molecule has 1 saturated heterocycles. The van der Waals surface area contributed by atoms with E-state index in [9.17, 15) is 0 Å². The lowest BCUT2D eigenvalue weighted by Crippen LogP contribution is -2.52. The van der Waals surface area contributed by atoms with E-state index in [-0.39, 0.29) is 0 Å². The minimum absolute atomic E-state index is 0.512. The van der Waals surface area contributed by atoms with E-state index in [1.807, 2.05) is 12.4 Å². The summed E-state index contributed by atoms with van der Waals surface area (Å²) in [5.74, 6) is 0.723. The van der Waals surface area contributed by atoms with Crippen LogP contribution < -0.4 is 10.6 Å². The summed E-state index contributed by atoms with van der Waals surface area (Å²) in [4.78, 5) is 11.0. The Morgan fingerprint density at radius 3 is 2.88 bits per heavy atom. The number of aromatic nitrogens is 2. The fourth-order valence-corrected chi connectivity index (χ4v) is 1.93. The minimum Gasteiger partial charge on any atom is -0.353 e. The third-order valence-corrected chi connectivity index (χ3v) is 3.25. The van der Waals surface area contributed by atoms with E-state index >= 15 is 0 Å². The van der Waals surface area contributed by atoms with Gasteiger partial charge in [-0.25, -0.2) is 9.97 Å². The van der Waals surface area contributed by atoms with Gasteiger partial charge in [-0.3, -0.25) is 4.90 Å². The molecule has 1 aliphatic rings. The van der Waals surface area contributed by atoms with Gasteiger partial charge >= 0.3 is 0 Å². The molecule has 0 radical (unpaired) electrons. The lowest BCUT2D eigenvalue weighted by atomic mass is 10.2. The van der Waals surface area contributed by atoms with Crippen molar-refractivity contribution in [3.8, 4) is 0 Å². The van der Waals surface area contributed by atoms with E-state index in [0.717, 1.165) is 38.5 Å². The van der Waals surface area contributed by atoms with Crippen LogP contribution in [0.2, 0.25) is 0 Å². The van der Waals surface area contributed by atoms with Crippen molar-refractivity contribution in [2.24, 2.45) is 0 Å². The number of anilines is 1. The van der Waals surface area contributed by atoms with Gasteiger partial charge in [0, 0.05) is 44.6 Å². The second-order valence-electron chi connectivity index (χ2n) is 4.49. The molecule has 0 aliphatic carbocycles. The van der Waals surface area contributed by atoms with E-state index in [1.165, 1.54) is 5.56 Å². The number of rotatable bonds is 4. The number of aryl methyl sites for hydroxylation is 1. The average Bonchev–Trinajstić information content (AvgIpc) is 2.38. The SMILES string of the molecule is CCc1cnc(NCC2CNCCN2C)nc1. The lowest BCUT2D eigenvalue weighted by Gasteiger charge is -2.33. The largest absolute Gasteiger partial charge is 0.353 e. The molecule has 94 valence electrons. The molecule has 0 aromatic carbocycles. The highest BCUT2D eigenvalue weighted by Crippen LogP contribution is 2.03. The normalized spacial score (nSPS) is 21.4. The molecule has 1 fully saturated rings. The van der Waals surface area contributed by atoms with E-state index in [0.29, 0.717) is 6.04 Å². The molecule has 2 heterocycles. The molecular weight excluding hydrogens is 214 g/mol. The van der Waals surface area contributed by atoms with Crippen LogP contribution in [-0.2, 0) is 6.42 Å². The number of nitrogens with one attached hydrogen (secondary N) is 2. The summed E-state index contributed by atoms with van der Waals surface area (Å²) in [6, 6.07) is 0.512. The van der Waals surface area contributed by atoms with Crippen molar-refractivity contribution < 1.29 is 0 Å². The van der Waals surface area contributed by atoms with Gasteiger partial charge in [0.1, 0.15) is 0 Å². The van der Waals surface area contributed by atoms with Crippen LogP contribution in [-0.4, -0.2) is 54.1 Å². The van der Waals surface area contributed by atoms with Gasteiger partial charge in [0.05, 0.1) is 0 Å². The highest BCUT2D eigenvalue weighted by Gasteiger charge is 2.18. The molecule has 5 heteroatoms. The highest BCUT2D eigenvalue weighted by molar-refractivity contribution is 5.25. The molecular formula is C12H21N5. The summed E-state index contributed by atoms with van der Waals surface area (Å²) in [5, 5.41) is 6.69. The second-order valence-corrected chi connectivity index (χ2v) is 4.49. The Labute approximate surface area is 103 Å². The van der Waals surface area contributed by atoms with Crippen molar-refractivity contribution in [1.82, 2.24) is 20.2 Å². The molecule has 1 unspecified atom stereocenters. The molecule has 17 heavy (non-hydrogen) atoms. The van der Waals surface area contributed by atoms with Gasteiger partial charge < -0.3 is 10.6 Å². The molecule has 2 N–H and O–H groups in total. The molecule has 0 spiro atoms. The molecule has 1 aromatic rings. The smallest absolute Gasteiger partial charge is 0.222 e. The quantitative estimate of drug-likeness (QED) is 0.789. The topological polar surface area (TPSA) is 53.1 Å². The van der Waals surface area contributed by atoms with Gasteiger partial charge in [-0.15, -0.1) is 0 Å². The fraction of sp³-hybridized carbons (Fsp3) is 0.667. The average molecular weight is 235 g/mol. The fourth-order valence-electron chi connectivity index (χ4n) is 1.93. The second kappa shape index (κ2) is 5.93. The van der Waals surface area contributed by atoms with Crippen molar-refractivity contribution in [1.29, 1.82) is 0 Å². The van der Waals surface area contributed by atoms with Gasteiger partial charge in [0.15, 0.2) is 0 Å². The summed E-state index contributed by atoms with van der Waals surface area (Å²) in [7, 11) is 2.16. The predicted octanol–water partition coefficient (Wildman–Crippen LogP) is 0.355. The Balaban J connectivity index is 1.84. The van der Waals surface area contributed by atoms with Crippen LogP contribution in [0.5, 0.6) is 0 Å². The molecule has 1 atom stereocenters. The first-order chi connectivity index (χ1) is 8.29. The number of nitrogens with zero attached hydrogens (tertiary/aromatic N) is 3. The van der Waals surface area contributed by atoms with Crippen LogP contribution >= 0.6 is 0 Å². The minimum atomic E-state index is 0.512. The summed E-state index contributed by atoms with van der Waals surface area (Å²) in [6.45, 7) is 6.19. The summed E-state index contributed by atoms with van der Waals surface area (Å²) >= 11 is 0. The first-order valence-corrected chi connectivity index (χ1v) is 6.25. The maximum atomic E-state index is 4.30. The zero-order valence-electron chi connectivity index (χ0n) is 10.6. The number of likely N-dealkylation sites (N-methyl/N-ethyl adjacent to an activating group) is 1. The van der Waals surface area contributed by atoms with Gasteiger partial charge in [0.25, 0.3) is 0 Å². The predicted molar refractivity (Wildman–Crippen MR) is 69.2 cm³/mol. The number of piperazine rings is 1. The van der Waals surface area contributed by atoms with Gasteiger partial charge in [0.2, 0.25) is 5.95 Å². The number of hydrogen-bond acceptors (Lipinski definition) is 5. The Morgan fingerprint density at radius 2 is 2.24 bits per heavy atom. The highest BCUT2D eigenvalue weighted by atomic mass is 15.2. The van der Waals surface area contributed by atoms with Gasteiger partial charge in [-0.05, 0) is 19.0 Å². The van der Waals surface area contributed by atoms with E-state index in [4.69, 9.17) is 0 Å². The summed E-state index contributed by atoms with van der Waals surface area (Å²) in [6.07, 6.45) is 4.76. The summed E-state index contributed by atoms with van der Waals surface area (Å²) in [5.41, 5.74) is 1.17. The molecule has 0 amide bonds. The van der Waals surface area contributed by atoms with Crippen LogP contribution in [0.15, 0.2) is 12.4 Å². The van der Waals surface area contributed by atoms with Crippen molar-refractivity contribution in [2.75, 3.05) is 38.5 Å². The molecule has 1 aromatic heterocycles. The maximum Gasteiger partial charge on any atom is 0.222 e. The Hall–Kier alpha value is -1.20. The summed E-state index contributed by atoms with van der Waals surface area (Å²) < 4.78 is 0. The van der Waals surface area contributed by atoms with Crippen LogP contribution in [0.25, 0.3) is 0 Å². The third kappa shape index (κ3) is 3.38. The first kappa shape index (κ1) is 12.3. The van der Waals surface area contributed by atoms with Crippen LogP contribution in [0.1, 0.15) is 12.5 Å². The lowest BCUT2D eigenvalue weighted by molar-refractivity contribution is 0.209. The van der Waals surface area contributed by atoms with E-state index < -0.39 is 0 Å².